The number of halogens is 1. The molecule has 128 valence electrons. The van der Waals surface area contributed by atoms with Gasteiger partial charge < -0.3 is 10.2 Å². The van der Waals surface area contributed by atoms with Crippen molar-refractivity contribution in [3.05, 3.63) is 36.3 Å². The van der Waals surface area contributed by atoms with Crippen molar-refractivity contribution in [1.82, 2.24) is 20.1 Å². The summed E-state index contributed by atoms with van der Waals surface area (Å²) in [6.45, 7) is 0.800. The zero-order valence-electron chi connectivity index (χ0n) is 14.3. The van der Waals surface area contributed by atoms with Gasteiger partial charge in [0.05, 0.1) is 11.9 Å². The summed E-state index contributed by atoms with van der Waals surface area (Å²) in [4.78, 5) is 6.84. The molecule has 0 bridgehead atoms. The smallest absolute Gasteiger partial charge is 0.243 e. The largest absolute Gasteiger partial charge is 0.351 e. The van der Waals surface area contributed by atoms with Crippen molar-refractivity contribution >= 4 is 5.95 Å². The van der Waals surface area contributed by atoms with Crippen LogP contribution in [-0.4, -0.2) is 46.3 Å². The van der Waals surface area contributed by atoms with E-state index in [0.717, 1.165) is 12.1 Å². The Balaban J connectivity index is 1.73. The molecule has 0 spiro atoms. The first-order chi connectivity index (χ1) is 11.6. The predicted octanol–water partition coefficient (Wildman–Crippen LogP) is 3.35. The molecule has 1 aliphatic carbocycles. The van der Waals surface area contributed by atoms with Gasteiger partial charge in [-0.05, 0) is 51.2 Å². The topological polar surface area (TPSA) is 53.9 Å². The van der Waals surface area contributed by atoms with Crippen LogP contribution in [0.2, 0.25) is 0 Å². The Kier molecular flexibility index (Phi) is 5.04. The first-order valence-electron chi connectivity index (χ1n) is 8.46. The van der Waals surface area contributed by atoms with Crippen molar-refractivity contribution in [2.75, 3.05) is 26.0 Å². The van der Waals surface area contributed by atoms with Crippen LogP contribution in [0, 0.1) is 5.82 Å². The Morgan fingerprint density at radius 2 is 1.83 bits per heavy atom. The number of nitrogens with zero attached hydrogens (tertiary/aromatic N) is 4. The summed E-state index contributed by atoms with van der Waals surface area (Å²) < 4.78 is 13.1. The third-order valence-electron chi connectivity index (χ3n) is 5.01. The van der Waals surface area contributed by atoms with Crippen molar-refractivity contribution in [2.24, 2.45) is 0 Å². The van der Waals surface area contributed by atoms with Crippen LogP contribution < -0.4 is 5.32 Å². The Morgan fingerprint density at radius 3 is 2.50 bits per heavy atom. The molecule has 6 heteroatoms. The van der Waals surface area contributed by atoms with E-state index in [1.807, 2.05) is 0 Å². The number of hydrogen-bond donors (Lipinski definition) is 1. The molecule has 0 radical (unpaired) electrons. The third kappa shape index (κ3) is 3.70. The molecule has 0 unspecified atom stereocenters. The third-order valence-corrected chi connectivity index (χ3v) is 5.01. The first-order valence-corrected chi connectivity index (χ1v) is 8.46. The van der Waals surface area contributed by atoms with Crippen molar-refractivity contribution in [2.45, 2.75) is 37.6 Å². The summed E-state index contributed by atoms with van der Waals surface area (Å²) in [7, 11) is 4.28. The van der Waals surface area contributed by atoms with Crippen molar-refractivity contribution in [1.29, 1.82) is 0 Å². The van der Waals surface area contributed by atoms with Gasteiger partial charge in [0, 0.05) is 17.6 Å². The number of aromatic nitrogens is 3. The van der Waals surface area contributed by atoms with Crippen LogP contribution in [0.4, 0.5) is 10.3 Å². The molecule has 0 amide bonds. The van der Waals surface area contributed by atoms with E-state index in [2.05, 4.69) is 39.5 Å². The number of rotatable bonds is 5. The molecule has 1 N–H and O–H groups in total. The molecule has 1 heterocycles. The quantitative estimate of drug-likeness (QED) is 0.911. The average molecular weight is 329 g/mol. The monoisotopic (exact) mass is 329 g/mol. The lowest BCUT2D eigenvalue weighted by Crippen LogP contribution is -2.51. The Hall–Kier alpha value is -2.08. The van der Waals surface area contributed by atoms with Gasteiger partial charge in [0.2, 0.25) is 5.95 Å². The fraction of sp³-hybridized carbons (Fsp3) is 0.500. The molecule has 5 nitrogen and oxygen atoms in total. The second-order valence-corrected chi connectivity index (χ2v) is 6.71. The van der Waals surface area contributed by atoms with Gasteiger partial charge >= 0.3 is 0 Å². The predicted molar refractivity (Wildman–Crippen MR) is 93.2 cm³/mol. The highest BCUT2D eigenvalue weighted by Gasteiger charge is 2.34. The van der Waals surface area contributed by atoms with E-state index in [1.54, 1.807) is 18.3 Å². The van der Waals surface area contributed by atoms with E-state index >= 15 is 0 Å². The summed E-state index contributed by atoms with van der Waals surface area (Å²) in [5.41, 5.74) is 1.66. The van der Waals surface area contributed by atoms with E-state index in [0.29, 0.717) is 11.6 Å². The molecule has 1 aromatic heterocycles. The molecule has 1 saturated carbocycles. The lowest BCUT2D eigenvalue weighted by atomic mass is 9.80. The number of anilines is 1. The Morgan fingerprint density at radius 1 is 1.12 bits per heavy atom. The number of likely N-dealkylation sites (N-methyl/N-ethyl adjacent to an activating group) is 1. The molecule has 0 aliphatic heterocycles. The van der Waals surface area contributed by atoms with E-state index in [4.69, 9.17) is 0 Å². The molecule has 3 rings (SSSR count). The van der Waals surface area contributed by atoms with Crippen molar-refractivity contribution < 1.29 is 4.39 Å². The summed E-state index contributed by atoms with van der Waals surface area (Å²) >= 11 is 0. The summed E-state index contributed by atoms with van der Waals surface area (Å²) in [5.74, 6) is 0.257. The lowest BCUT2D eigenvalue weighted by Gasteiger charge is -2.43. The molecule has 1 aliphatic rings. The Labute approximate surface area is 142 Å². The van der Waals surface area contributed by atoms with Crippen LogP contribution in [0.5, 0.6) is 0 Å². The highest BCUT2D eigenvalue weighted by molar-refractivity contribution is 5.58. The van der Waals surface area contributed by atoms with Crippen LogP contribution in [0.1, 0.15) is 32.1 Å². The average Bonchev–Trinajstić information content (AvgIpc) is 2.61. The van der Waals surface area contributed by atoms with Gasteiger partial charge in [-0.25, -0.2) is 9.37 Å². The minimum absolute atomic E-state index is 0.146. The molecular formula is C18H24FN5. The van der Waals surface area contributed by atoms with Gasteiger partial charge in [-0.1, -0.05) is 19.3 Å². The second-order valence-electron chi connectivity index (χ2n) is 6.71. The lowest BCUT2D eigenvalue weighted by molar-refractivity contribution is 0.113. The van der Waals surface area contributed by atoms with Gasteiger partial charge in [0.1, 0.15) is 5.82 Å². The maximum atomic E-state index is 13.1. The van der Waals surface area contributed by atoms with E-state index in [-0.39, 0.29) is 11.4 Å². The highest BCUT2D eigenvalue weighted by Crippen LogP contribution is 2.32. The fourth-order valence-corrected chi connectivity index (χ4v) is 3.37. The summed E-state index contributed by atoms with van der Waals surface area (Å²) in [5, 5.41) is 11.5. The van der Waals surface area contributed by atoms with Gasteiger partial charge in [0.25, 0.3) is 0 Å². The second kappa shape index (κ2) is 7.21. The molecule has 1 fully saturated rings. The van der Waals surface area contributed by atoms with E-state index in [9.17, 15) is 4.39 Å². The SMILES string of the molecule is CN(C)C1(CNc2nncc(-c3ccc(F)cc3)n2)CCCCC1. The minimum Gasteiger partial charge on any atom is -0.351 e. The van der Waals surface area contributed by atoms with Crippen LogP contribution in [0.3, 0.4) is 0 Å². The van der Waals surface area contributed by atoms with Gasteiger partial charge in [0.15, 0.2) is 0 Å². The van der Waals surface area contributed by atoms with E-state index < -0.39 is 0 Å². The van der Waals surface area contributed by atoms with Crippen molar-refractivity contribution in [3.63, 3.8) is 0 Å². The highest BCUT2D eigenvalue weighted by atomic mass is 19.1. The minimum atomic E-state index is -0.260. The van der Waals surface area contributed by atoms with Gasteiger partial charge in [-0.2, -0.15) is 5.10 Å². The number of nitrogens with one attached hydrogen (secondary N) is 1. The molecular weight excluding hydrogens is 305 g/mol. The maximum Gasteiger partial charge on any atom is 0.243 e. The standard InChI is InChI=1S/C18H24FN5/c1-24(2)18(10-4-3-5-11-18)13-20-17-22-16(12-21-23-17)14-6-8-15(19)9-7-14/h6-9,12H,3-5,10-11,13H2,1-2H3,(H,20,22,23). The molecule has 0 saturated heterocycles. The number of hydrogen-bond acceptors (Lipinski definition) is 5. The Bertz CT molecular complexity index is 665. The van der Waals surface area contributed by atoms with Crippen LogP contribution in [0.15, 0.2) is 30.5 Å². The molecule has 1 aromatic carbocycles. The zero-order valence-corrected chi connectivity index (χ0v) is 14.3. The van der Waals surface area contributed by atoms with Gasteiger partial charge in [-0.3, -0.25) is 0 Å². The van der Waals surface area contributed by atoms with Gasteiger partial charge in [-0.15, -0.1) is 5.10 Å². The molecule has 2 aromatic rings. The summed E-state index contributed by atoms with van der Waals surface area (Å²) in [6.07, 6.45) is 7.79. The molecule has 24 heavy (non-hydrogen) atoms. The normalized spacial score (nSPS) is 17.0. The van der Waals surface area contributed by atoms with E-state index in [1.165, 1.54) is 44.2 Å². The summed E-state index contributed by atoms with van der Waals surface area (Å²) in [6, 6.07) is 6.25. The number of benzene rings is 1. The van der Waals surface area contributed by atoms with Crippen LogP contribution >= 0.6 is 0 Å². The zero-order chi connectivity index (χ0) is 17.0. The fourth-order valence-electron chi connectivity index (χ4n) is 3.37. The van der Waals surface area contributed by atoms with Crippen LogP contribution in [0.25, 0.3) is 11.3 Å². The van der Waals surface area contributed by atoms with Crippen LogP contribution in [-0.2, 0) is 0 Å². The first kappa shape index (κ1) is 16.8. The molecule has 0 atom stereocenters. The maximum absolute atomic E-state index is 13.1. The van der Waals surface area contributed by atoms with Crippen molar-refractivity contribution in [3.8, 4) is 11.3 Å².